The smallest absolute Gasteiger partial charge is 0.198 e. The molecule has 0 fully saturated rings. The molecule has 1 aromatic rings. The number of hydrogen-bond acceptors (Lipinski definition) is 0. The van der Waals surface area contributed by atoms with Crippen LogP contribution in [0.2, 0.25) is 0 Å². The van der Waals surface area contributed by atoms with Gasteiger partial charge in [-0.2, -0.15) is 17.6 Å². The lowest BCUT2D eigenvalue weighted by molar-refractivity contribution is 0.236. The Hall–Kier alpha value is -1.07. The van der Waals surface area contributed by atoms with Gasteiger partial charge < -0.3 is 0 Å². The normalized spacial score (nSPS) is 10.5. The van der Waals surface area contributed by atoms with Crippen molar-refractivity contribution in [1.82, 2.24) is 4.79 Å². The summed E-state index contributed by atoms with van der Waals surface area (Å²) in [7, 11) is 0. The van der Waals surface area contributed by atoms with E-state index in [0.29, 0.717) is 0 Å². The molecule has 0 saturated carbocycles. The molecule has 1 rings (SSSR count). The van der Waals surface area contributed by atoms with Crippen LogP contribution < -0.4 is 0 Å². The molecule has 0 saturated heterocycles. The first-order valence-corrected chi connectivity index (χ1v) is 2.12. The third kappa shape index (κ3) is 0.680. The van der Waals surface area contributed by atoms with Gasteiger partial charge in [-0.3, -0.25) is 0 Å². The van der Waals surface area contributed by atoms with Crippen molar-refractivity contribution in [2.45, 2.75) is 0 Å². The zero-order chi connectivity index (χ0) is 7.89. The van der Waals surface area contributed by atoms with Crippen molar-refractivity contribution in [3.63, 3.8) is 0 Å². The highest BCUT2D eigenvalue weighted by atomic mass is 19.2. The summed E-state index contributed by atoms with van der Waals surface area (Å²) >= 11 is 0. The van der Waals surface area contributed by atoms with Crippen LogP contribution in [0.1, 0.15) is 0 Å². The fourth-order valence-electron chi connectivity index (χ4n) is 0.440. The SMILES string of the molecule is Fc1c(F)c(F)n(F)c1F. The van der Waals surface area contributed by atoms with Crippen LogP contribution in [0.3, 0.4) is 0 Å². The minimum Gasteiger partial charge on any atom is -0.198 e. The predicted octanol–water partition coefficient (Wildman–Crippen LogP) is 1.78. The van der Waals surface area contributed by atoms with Gasteiger partial charge in [0.05, 0.1) is 0 Å². The molecule has 0 radical (unpaired) electrons. The molecule has 0 aliphatic carbocycles. The lowest BCUT2D eigenvalue weighted by Gasteiger charge is -1.82. The molecule has 1 heterocycles. The van der Waals surface area contributed by atoms with Gasteiger partial charge in [0, 0.05) is 0 Å². The first-order valence-electron chi connectivity index (χ1n) is 2.12. The largest absolute Gasteiger partial charge is 0.264 e. The first kappa shape index (κ1) is 7.04. The molecule has 0 unspecified atom stereocenters. The van der Waals surface area contributed by atoms with E-state index in [9.17, 15) is 22.0 Å². The summed E-state index contributed by atoms with van der Waals surface area (Å²) in [4.78, 5) is -1.34. The first-order chi connectivity index (χ1) is 4.55. The number of nitrogens with zero attached hydrogens (tertiary/aromatic N) is 1. The van der Waals surface area contributed by atoms with Gasteiger partial charge in [0.2, 0.25) is 11.6 Å². The van der Waals surface area contributed by atoms with Crippen LogP contribution in [-0.4, -0.2) is 4.79 Å². The van der Waals surface area contributed by atoms with E-state index in [1.165, 1.54) is 0 Å². The maximum atomic E-state index is 11.8. The van der Waals surface area contributed by atoms with E-state index in [-0.39, 0.29) is 0 Å². The Labute approximate surface area is 51.6 Å². The van der Waals surface area contributed by atoms with Gasteiger partial charge in [0.15, 0.2) is 0 Å². The molecule has 0 aromatic carbocycles. The molecular weight excluding hydrogens is 157 g/mol. The van der Waals surface area contributed by atoms with Crippen LogP contribution in [0.4, 0.5) is 22.0 Å². The monoisotopic (exact) mass is 157 g/mol. The molecule has 1 aromatic heterocycles. The minimum atomic E-state index is -2.20. The van der Waals surface area contributed by atoms with Crippen LogP contribution >= 0.6 is 0 Å². The van der Waals surface area contributed by atoms with Crippen LogP contribution in [0.25, 0.3) is 0 Å². The standard InChI is InChI=1S/C4F5N/c5-1-2(6)4(8)10(9)3(1)7. The average molecular weight is 157 g/mol. The summed E-state index contributed by atoms with van der Waals surface area (Å²) in [5.41, 5.74) is 0. The molecule has 1 nitrogen and oxygen atoms in total. The van der Waals surface area contributed by atoms with Crippen LogP contribution in [0.5, 0.6) is 0 Å². The molecule has 0 N–H and O–H groups in total. The van der Waals surface area contributed by atoms with E-state index in [4.69, 9.17) is 0 Å². The van der Waals surface area contributed by atoms with E-state index in [1.807, 2.05) is 0 Å². The van der Waals surface area contributed by atoms with Gasteiger partial charge >= 0.3 is 0 Å². The number of halogens is 5. The van der Waals surface area contributed by atoms with E-state index >= 15 is 0 Å². The van der Waals surface area contributed by atoms with Crippen LogP contribution in [0.15, 0.2) is 0 Å². The lowest BCUT2D eigenvalue weighted by Crippen LogP contribution is -1.89. The topological polar surface area (TPSA) is 4.93 Å². The lowest BCUT2D eigenvalue weighted by atomic mass is 10.6. The van der Waals surface area contributed by atoms with Crippen molar-refractivity contribution in [3.05, 3.63) is 23.5 Å². The van der Waals surface area contributed by atoms with E-state index in [0.717, 1.165) is 0 Å². The number of hydrogen-bond donors (Lipinski definition) is 0. The molecule has 6 heteroatoms. The zero-order valence-corrected chi connectivity index (χ0v) is 4.34. The maximum absolute atomic E-state index is 11.8. The van der Waals surface area contributed by atoms with E-state index in [2.05, 4.69) is 0 Å². The van der Waals surface area contributed by atoms with Crippen molar-refractivity contribution in [2.75, 3.05) is 0 Å². The Balaban J connectivity index is 3.44. The summed E-state index contributed by atoms with van der Waals surface area (Å²) in [5.74, 6) is -8.70. The molecule has 56 valence electrons. The Bertz CT molecular complexity index is 185. The predicted molar refractivity (Wildman–Crippen MR) is 20.8 cm³/mol. The highest BCUT2D eigenvalue weighted by Crippen LogP contribution is 2.16. The summed E-state index contributed by atoms with van der Waals surface area (Å²) < 4.78 is 58.7. The fraction of sp³-hybridized carbons (Fsp3) is 0. The van der Waals surface area contributed by atoms with Crippen molar-refractivity contribution < 1.29 is 22.0 Å². The van der Waals surface area contributed by atoms with Crippen molar-refractivity contribution in [3.8, 4) is 0 Å². The zero-order valence-electron chi connectivity index (χ0n) is 4.34. The second kappa shape index (κ2) is 1.96. The van der Waals surface area contributed by atoms with Crippen LogP contribution in [0, 0.1) is 23.5 Å². The highest BCUT2D eigenvalue weighted by Gasteiger charge is 2.23. The van der Waals surface area contributed by atoms with Gasteiger partial charge in [-0.15, -0.1) is 4.79 Å². The Morgan fingerprint density at radius 2 is 1.10 bits per heavy atom. The number of aromatic nitrogens is 1. The fourth-order valence-corrected chi connectivity index (χ4v) is 0.440. The van der Waals surface area contributed by atoms with Crippen LogP contribution in [-0.2, 0) is 0 Å². The van der Waals surface area contributed by atoms with Crippen molar-refractivity contribution >= 4 is 0 Å². The van der Waals surface area contributed by atoms with Gasteiger partial charge in [-0.25, -0.2) is 0 Å². The van der Waals surface area contributed by atoms with Gasteiger partial charge in [-0.1, -0.05) is 4.48 Å². The summed E-state index contributed by atoms with van der Waals surface area (Å²) in [6.07, 6.45) is 0. The van der Waals surface area contributed by atoms with E-state index < -0.39 is 28.3 Å². The molecule has 0 spiro atoms. The van der Waals surface area contributed by atoms with Gasteiger partial charge in [-0.05, 0) is 0 Å². The minimum absolute atomic E-state index is 1.34. The quantitative estimate of drug-likeness (QED) is 0.506. The Morgan fingerprint density at radius 3 is 1.20 bits per heavy atom. The maximum Gasteiger partial charge on any atom is 0.264 e. The molecule has 0 amide bonds. The van der Waals surface area contributed by atoms with Crippen molar-refractivity contribution in [1.29, 1.82) is 0 Å². The summed E-state index contributed by atoms with van der Waals surface area (Å²) in [5, 5.41) is 0. The summed E-state index contributed by atoms with van der Waals surface area (Å²) in [6.45, 7) is 0. The second-order valence-electron chi connectivity index (χ2n) is 1.49. The van der Waals surface area contributed by atoms with E-state index in [1.54, 1.807) is 0 Å². The Kier molecular flexibility index (Phi) is 1.38. The molecule has 0 aliphatic rings. The molecular formula is C4F5N. The molecule has 0 bridgehead atoms. The third-order valence-corrected chi connectivity index (χ3v) is 0.900. The van der Waals surface area contributed by atoms with Gasteiger partial charge in [0.25, 0.3) is 11.9 Å². The highest BCUT2D eigenvalue weighted by molar-refractivity contribution is 5.02. The molecule has 0 aliphatic heterocycles. The van der Waals surface area contributed by atoms with Gasteiger partial charge in [0.1, 0.15) is 0 Å². The second-order valence-corrected chi connectivity index (χ2v) is 1.49. The Morgan fingerprint density at radius 1 is 0.800 bits per heavy atom. The third-order valence-electron chi connectivity index (χ3n) is 0.900. The average Bonchev–Trinajstić information content (AvgIpc) is 2.07. The number of rotatable bonds is 0. The molecule has 10 heavy (non-hydrogen) atoms. The summed E-state index contributed by atoms with van der Waals surface area (Å²) in [6, 6.07) is 0. The molecule has 0 atom stereocenters. The van der Waals surface area contributed by atoms with Crippen molar-refractivity contribution in [2.24, 2.45) is 0 Å².